The van der Waals surface area contributed by atoms with Crippen LogP contribution in [0.1, 0.15) is 38.2 Å². The summed E-state index contributed by atoms with van der Waals surface area (Å²) in [5.41, 5.74) is 1.22. The highest BCUT2D eigenvalue weighted by Gasteiger charge is 2.63. The van der Waals surface area contributed by atoms with Crippen LogP contribution in [0.15, 0.2) is 30.3 Å². The molecule has 140 valence electrons. The lowest BCUT2D eigenvalue weighted by molar-refractivity contribution is -1.12. The average molecular weight is 376 g/mol. The van der Waals surface area contributed by atoms with Crippen LogP contribution in [0.25, 0.3) is 0 Å². The summed E-state index contributed by atoms with van der Waals surface area (Å²) in [5, 5.41) is 0.0616. The number of fused-ring (bicyclic) bond motifs is 3. The number of nitrogens with zero attached hydrogens (tertiary/aromatic N) is 1. The molecule has 3 aliphatic heterocycles. The molecule has 3 saturated heterocycles. The largest absolute Gasteiger partial charge is 0.465 e. The number of rotatable bonds is 3. The van der Waals surface area contributed by atoms with Crippen molar-refractivity contribution >= 4 is 22.8 Å². The predicted molar refractivity (Wildman–Crippen MR) is 98.9 cm³/mol. The van der Waals surface area contributed by atoms with Crippen molar-refractivity contribution in [2.45, 2.75) is 56.5 Å². The van der Waals surface area contributed by atoms with Gasteiger partial charge in [0.25, 0.3) is 0 Å². The molecule has 3 aliphatic rings. The first kappa shape index (κ1) is 18.0. The Labute approximate surface area is 158 Å². The molecule has 0 saturated carbocycles. The van der Waals surface area contributed by atoms with Gasteiger partial charge in [0.2, 0.25) is 0 Å². The van der Waals surface area contributed by atoms with Crippen LogP contribution in [0.2, 0.25) is 0 Å². The molecule has 1 aromatic carbocycles. The molecular weight excluding hydrogens is 350 g/mol. The molecule has 0 aromatic heterocycles. The topological polar surface area (TPSA) is 52.6 Å². The SMILES string of the molecule is CC(=O)S[C@H]1CCOC(=O)[C@H]2[C@@H]1O[N+]1(Cc3ccccc3)CCCC[C@H]21. The van der Waals surface area contributed by atoms with Crippen molar-refractivity contribution in [3.05, 3.63) is 35.9 Å². The molecule has 0 spiro atoms. The van der Waals surface area contributed by atoms with E-state index >= 15 is 0 Å². The maximum atomic E-state index is 12.8. The van der Waals surface area contributed by atoms with E-state index in [2.05, 4.69) is 12.1 Å². The van der Waals surface area contributed by atoms with Gasteiger partial charge in [0.15, 0.2) is 5.12 Å². The van der Waals surface area contributed by atoms with Gasteiger partial charge in [-0.2, -0.15) is 9.48 Å². The second kappa shape index (κ2) is 7.33. The Balaban J connectivity index is 1.68. The number of esters is 1. The highest BCUT2D eigenvalue weighted by Crippen LogP contribution is 2.47. The van der Waals surface area contributed by atoms with Crippen LogP contribution in [-0.4, -0.2) is 46.3 Å². The van der Waals surface area contributed by atoms with Crippen molar-refractivity contribution in [2.75, 3.05) is 13.2 Å². The highest BCUT2D eigenvalue weighted by molar-refractivity contribution is 8.14. The number of carbonyl (C=O) groups excluding carboxylic acids is 2. The van der Waals surface area contributed by atoms with Gasteiger partial charge in [-0.25, -0.2) is 0 Å². The van der Waals surface area contributed by atoms with Gasteiger partial charge in [-0.1, -0.05) is 42.1 Å². The highest BCUT2D eigenvalue weighted by atomic mass is 32.2. The fraction of sp³-hybridized carbons (Fsp3) is 0.600. The van der Waals surface area contributed by atoms with Gasteiger partial charge in [0, 0.05) is 24.2 Å². The molecule has 6 heteroatoms. The lowest BCUT2D eigenvalue weighted by atomic mass is 9.86. The zero-order valence-corrected chi connectivity index (χ0v) is 16.0. The second-order valence-corrected chi connectivity index (χ2v) is 9.00. The molecule has 3 fully saturated rings. The summed E-state index contributed by atoms with van der Waals surface area (Å²) in [5.74, 6) is -0.403. The average Bonchev–Trinajstić information content (AvgIpc) is 2.88. The van der Waals surface area contributed by atoms with Gasteiger partial charge in [-0.3, -0.25) is 9.59 Å². The van der Waals surface area contributed by atoms with E-state index in [1.165, 1.54) is 17.3 Å². The minimum atomic E-state index is -0.265. The third-order valence-corrected chi connectivity index (χ3v) is 7.03. The predicted octanol–water partition coefficient (Wildman–Crippen LogP) is 3.08. The minimum Gasteiger partial charge on any atom is -0.465 e. The zero-order chi connectivity index (χ0) is 18.1. The fourth-order valence-corrected chi connectivity index (χ4v) is 5.85. The molecule has 5 nitrogen and oxygen atoms in total. The molecule has 0 amide bonds. The summed E-state index contributed by atoms with van der Waals surface area (Å²) >= 11 is 1.31. The molecule has 0 radical (unpaired) electrons. The third kappa shape index (κ3) is 3.30. The van der Waals surface area contributed by atoms with E-state index in [9.17, 15) is 9.59 Å². The molecule has 5 atom stereocenters. The van der Waals surface area contributed by atoms with Crippen LogP contribution in [0, 0.1) is 5.92 Å². The Kier molecular flexibility index (Phi) is 5.08. The Hall–Kier alpha value is -1.37. The first-order valence-electron chi connectivity index (χ1n) is 9.52. The van der Waals surface area contributed by atoms with Crippen molar-refractivity contribution in [2.24, 2.45) is 5.92 Å². The van der Waals surface area contributed by atoms with Crippen molar-refractivity contribution in [1.29, 1.82) is 0 Å². The number of benzene rings is 1. The van der Waals surface area contributed by atoms with Crippen LogP contribution in [-0.2, 0) is 25.7 Å². The fourth-order valence-electron chi connectivity index (χ4n) is 4.86. The van der Waals surface area contributed by atoms with E-state index in [0.29, 0.717) is 17.7 Å². The van der Waals surface area contributed by atoms with Gasteiger partial charge in [0.1, 0.15) is 31.2 Å². The van der Waals surface area contributed by atoms with Gasteiger partial charge in [-0.15, -0.1) is 0 Å². The first-order chi connectivity index (χ1) is 12.6. The lowest BCUT2D eigenvalue weighted by Gasteiger charge is -2.40. The first-order valence-corrected chi connectivity index (χ1v) is 10.4. The standard InChI is InChI=1S/C20H26NO4S/c1-14(22)26-17-10-12-24-20(23)18-16-9-5-6-11-21(16,25-19(17)18)13-15-7-3-2-4-8-15/h2-4,7-8,16-19H,5-6,9-13H2,1H3/q+1/t16-,17+,18-,19-,21?/m1/s1. The maximum absolute atomic E-state index is 12.8. The normalized spacial score (nSPS) is 36.6. The van der Waals surface area contributed by atoms with Crippen molar-refractivity contribution < 1.29 is 23.8 Å². The number of cyclic esters (lactones) is 1. The van der Waals surface area contributed by atoms with Crippen molar-refractivity contribution in [1.82, 2.24) is 0 Å². The van der Waals surface area contributed by atoms with Gasteiger partial charge in [-0.05, 0) is 19.3 Å². The number of hydrogen-bond acceptors (Lipinski definition) is 5. The van der Waals surface area contributed by atoms with E-state index < -0.39 is 0 Å². The Morgan fingerprint density at radius 1 is 1.23 bits per heavy atom. The second-order valence-electron chi connectivity index (χ2n) is 7.58. The Morgan fingerprint density at radius 3 is 2.81 bits per heavy atom. The number of carbonyl (C=O) groups is 2. The van der Waals surface area contributed by atoms with Gasteiger partial charge < -0.3 is 4.74 Å². The number of piperidine rings is 1. The van der Waals surface area contributed by atoms with E-state index in [1.54, 1.807) is 6.92 Å². The third-order valence-electron chi connectivity index (χ3n) is 5.89. The molecule has 0 aliphatic carbocycles. The number of ether oxygens (including phenoxy) is 1. The molecule has 4 rings (SSSR count). The maximum Gasteiger partial charge on any atom is 0.318 e. The number of hydroxylamine groups is 3. The Bertz CT molecular complexity index is 682. The van der Waals surface area contributed by atoms with E-state index in [4.69, 9.17) is 9.57 Å². The van der Waals surface area contributed by atoms with E-state index in [0.717, 1.165) is 32.4 Å². The number of hydrogen-bond donors (Lipinski definition) is 0. The summed E-state index contributed by atoms with van der Waals surface area (Å²) in [7, 11) is 0. The summed E-state index contributed by atoms with van der Waals surface area (Å²) in [6.45, 7) is 3.65. The summed E-state index contributed by atoms with van der Waals surface area (Å²) in [4.78, 5) is 31.2. The molecule has 1 aromatic rings. The van der Waals surface area contributed by atoms with Crippen LogP contribution in [0.3, 0.4) is 0 Å². The van der Waals surface area contributed by atoms with Crippen LogP contribution >= 0.6 is 11.8 Å². The molecule has 26 heavy (non-hydrogen) atoms. The molecule has 3 heterocycles. The molecule has 0 N–H and O–H groups in total. The van der Waals surface area contributed by atoms with Gasteiger partial charge >= 0.3 is 5.97 Å². The monoisotopic (exact) mass is 376 g/mol. The summed E-state index contributed by atoms with van der Waals surface area (Å²) < 4.78 is 6.02. The van der Waals surface area contributed by atoms with Crippen LogP contribution in [0.4, 0.5) is 0 Å². The molecule has 1 unspecified atom stereocenters. The van der Waals surface area contributed by atoms with E-state index in [-0.39, 0.29) is 34.4 Å². The van der Waals surface area contributed by atoms with Gasteiger partial charge in [0.05, 0.1) is 6.61 Å². The quantitative estimate of drug-likeness (QED) is 0.599. The van der Waals surface area contributed by atoms with Crippen molar-refractivity contribution in [3.63, 3.8) is 0 Å². The van der Waals surface area contributed by atoms with Crippen LogP contribution in [0.5, 0.6) is 0 Å². The van der Waals surface area contributed by atoms with E-state index in [1.807, 2.05) is 18.2 Å². The zero-order valence-electron chi connectivity index (χ0n) is 15.1. The number of quaternary nitrogens is 1. The smallest absolute Gasteiger partial charge is 0.318 e. The Morgan fingerprint density at radius 2 is 2.04 bits per heavy atom. The summed E-state index contributed by atoms with van der Waals surface area (Å²) in [6.07, 6.45) is 3.62. The molecule has 0 bridgehead atoms. The number of thioether (sulfide) groups is 1. The summed E-state index contributed by atoms with van der Waals surface area (Å²) in [6, 6.07) is 10.5. The van der Waals surface area contributed by atoms with Crippen molar-refractivity contribution in [3.8, 4) is 0 Å². The minimum absolute atomic E-state index is 0.0136. The lowest BCUT2D eigenvalue weighted by Crippen LogP contribution is -2.55. The molecular formula is C20H26NO4S+. The van der Waals surface area contributed by atoms with Crippen LogP contribution < -0.4 is 0 Å².